The van der Waals surface area contributed by atoms with E-state index in [4.69, 9.17) is 4.74 Å². The molecule has 3 aromatic carbocycles. The molecule has 32 heavy (non-hydrogen) atoms. The van der Waals surface area contributed by atoms with E-state index in [1.165, 1.54) is 6.20 Å². The number of anilines is 1. The highest BCUT2D eigenvalue weighted by molar-refractivity contribution is 6.08. The molecule has 158 valence electrons. The van der Waals surface area contributed by atoms with Crippen LogP contribution in [-0.4, -0.2) is 20.5 Å². The van der Waals surface area contributed by atoms with Gasteiger partial charge in [-0.2, -0.15) is 5.10 Å². The van der Waals surface area contributed by atoms with Crippen LogP contribution in [0.1, 0.15) is 21.5 Å². The number of aromatic amines is 1. The molecule has 0 saturated heterocycles. The van der Waals surface area contributed by atoms with Crippen molar-refractivity contribution in [2.24, 2.45) is 0 Å². The van der Waals surface area contributed by atoms with E-state index < -0.39 is 0 Å². The molecule has 2 heterocycles. The van der Waals surface area contributed by atoms with Crippen molar-refractivity contribution in [2.45, 2.75) is 13.5 Å². The number of rotatable bonds is 5. The highest BCUT2D eigenvalue weighted by Crippen LogP contribution is 2.21. The molecule has 0 aliphatic rings. The van der Waals surface area contributed by atoms with Crippen LogP contribution in [0.25, 0.3) is 16.6 Å². The van der Waals surface area contributed by atoms with E-state index in [9.17, 15) is 9.59 Å². The fourth-order valence-corrected chi connectivity index (χ4v) is 3.64. The second kappa shape index (κ2) is 8.03. The molecule has 0 spiro atoms. The van der Waals surface area contributed by atoms with Gasteiger partial charge in [0.25, 0.3) is 11.5 Å². The lowest BCUT2D eigenvalue weighted by Gasteiger charge is -2.10. The van der Waals surface area contributed by atoms with Crippen LogP contribution in [0, 0.1) is 6.92 Å². The lowest BCUT2D eigenvalue weighted by Crippen LogP contribution is -2.15. The molecule has 5 aromatic rings. The molecular formula is C25H20N4O3. The molecule has 0 fully saturated rings. The first-order chi connectivity index (χ1) is 15.6. The normalized spacial score (nSPS) is 11.0. The van der Waals surface area contributed by atoms with Gasteiger partial charge in [0.05, 0.1) is 17.1 Å². The molecule has 0 atom stereocenters. The minimum Gasteiger partial charge on any atom is -0.489 e. The Morgan fingerprint density at radius 2 is 1.88 bits per heavy atom. The fraction of sp³-hybridized carbons (Fsp3) is 0.0800. The van der Waals surface area contributed by atoms with Crippen LogP contribution in [0.5, 0.6) is 5.75 Å². The number of nitrogens with one attached hydrogen (secondary N) is 2. The van der Waals surface area contributed by atoms with Crippen LogP contribution >= 0.6 is 0 Å². The maximum atomic E-state index is 12.9. The number of amides is 1. The minimum atomic E-state index is -0.373. The van der Waals surface area contributed by atoms with Crippen LogP contribution in [-0.2, 0) is 6.61 Å². The topological polar surface area (TPSA) is 88.5 Å². The van der Waals surface area contributed by atoms with Crippen LogP contribution in [0.15, 0.2) is 83.8 Å². The summed E-state index contributed by atoms with van der Waals surface area (Å²) >= 11 is 0. The largest absolute Gasteiger partial charge is 0.489 e. The number of carbonyl (C=O) groups excluding carboxylic acids is 1. The molecule has 5 rings (SSSR count). The summed E-state index contributed by atoms with van der Waals surface area (Å²) in [7, 11) is 0. The second-order valence-corrected chi connectivity index (χ2v) is 7.49. The van der Waals surface area contributed by atoms with Crippen molar-refractivity contribution in [3.8, 4) is 5.75 Å². The highest BCUT2D eigenvalue weighted by Gasteiger charge is 2.16. The first kappa shape index (κ1) is 19.6. The third-order valence-corrected chi connectivity index (χ3v) is 5.37. The average Bonchev–Trinajstić information content (AvgIpc) is 3.23. The van der Waals surface area contributed by atoms with Crippen molar-refractivity contribution < 1.29 is 9.53 Å². The summed E-state index contributed by atoms with van der Waals surface area (Å²) in [5.41, 5.74) is 3.83. The molecule has 2 N–H and O–H groups in total. The summed E-state index contributed by atoms with van der Waals surface area (Å²) < 4.78 is 7.47. The molecule has 0 aliphatic carbocycles. The van der Waals surface area contributed by atoms with E-state index in [0.29, 0.717) is 34.6 Å². The number of ether oxygens (including phenoxy) is 1. The summed E-state index contributed by atoms with van der Waals surface area (Å²) in [6.07, 6.45) is 1.45. The van der Waals surface area contributed by atoms with Gasteiger partial charge in [-0.25, -0.2) is 4.52 Å². The zero-order chi connectivity index (χ0) is 22.1. The maximum absolute atomic E-state index is 12.9. The van der Waals surface area contributed by atoms with Crippen molar-refractivity contribution in [3.05, 3.63) is 106 Å². The first-order valence-corrected chi connectivity index (χ1v) is 10.2. The van der Waals surface area contributed by atoms with E-state index in [0.717, 1.165) is 11.1 Å². The molecule has 0 aliphatic heterocycles. The van der Waals surface area contributed by atoms with Crippen molar-refractivity contribution >= 4 is 28.1 Å². The summed E-state index contributed by atoms with van der Waals surface area (Å²) in [4.78, 5) is 28.1. The SMILES string of the molecule is Cc1ccccc1COc1cccc(NC(=O)c2cnn3c2[nH]c(=O)c2ccccc23)c1. The molecule has 0 bridgehead atoms. The van der Waals surface area contributed by atoms with Gasteiger partial charge in [0.15, 0.2) is 0 Å². The Bertz CT molecular complexity index is 1520. The molecule has 7 heteroatoms. The minimum absolute atomic E-state index is 0.269. The maximum Gasteiger partial charge on any atom is 0.261 e. The van der Waals surface area contributed by atoms with Gasteiger partial charge in [0.1, 0.15) is 23.6 Å². The van der Waals surface area contributed by atoms with Gasteiger partial charge in [-0.1, -0.05) is 42.5 Å². The Hall–Kier alpha value is -4.39. The lowest BCUT2D eigenvalue weighted by molar-refractivity contribution is 0.102. The number of benzene rings is 3. The monoisotopic (exact) mass is 424 g/mol. The van der Waals surface area contributed by atoms with Gasteiger partial charge in [-0.15, -0.1) is 0 Å². The average molecular weight is 424 g/mol. The number of hydrogen-bond acceptors (Lipinski definition) is 4. The number of fused-ring (bicyclic) bond motifs is 3. The van der Waals surface area contributed by atoms with E-state index in [1.54, 1.807) is 34.8 Å². The molecular weight excluding hydrogens is 404 g/mol. The van der Waals surface area contributed by atoms with Gasteiger partial charge in [-0.3, -0.25) is 9.59 Å². The van der Waals surface area contributed by atoms with E-state index >= 15 is 0 Å². The van der Waals surface area contributed by atoms with E-state index in [2.05, 4.69) is 15.4 Å². The second-order valence-electron chi connectivity index (χ2n) is 7.49. The summed E-state index contributed by atoms with van der Waals surface area (Å²) in [6.45, 7) is 2.48. The first-order valence-electron chi connectivity index (χ1n) is 10.2. The lowest BCUT2D eigenvalue weighted by atomic mass is 10.1. The van der Waals surface area contributed by atoms with Crippen molar-refractivity contribution in [2.75, 3.05) is 5.32 Å². The number of aryl methyl sites for hydroxylation is 1. The molecule has 2 aromatic heterocycles. The molecule has 7 nitrogen and oxygen atoms in total. The van der Waals surface area contributed by atoms with Crippen LogP contribution in [0.2, 0.25) is 0 Å². The Morgan fingerprint density at radius 3 is 2.75 bits per heavy atom. The van der Waals surface area contributed by atoms with Gasteiger partial charge in [-0.05, 0) is 42.3 Å². The number of para-hydroxylation sites is 1. The van der Waals surface area contributed by atoms with E-state index in [-0.39, 0.29) is 17.0 Å². The number of aromatic nitrogens is 3. The Kier molecular flexibility index (Phi) is 4.91. The Morgan fingerprint density at radius 1 is 1.06 bits per heavy atom. The van der Waals surface area contributed by atoms with Gasteiger partial charge >= 0.3 is 0 Å². The number of carbonyl (C=O) groups is 1. The van der Waals surface area contributed by atoms with E-state index in [1.807, 2.05) is 49.4 Å². The number of H-pyrrole nitrogens is 1. The predicted octanol–water partition coefficient (Wildman–Crippen LogP) is 4.32. The van der Waals surface area contributed by atoms with Crippen molar-refractivity contribution in [1.82, 2.24) is 14.6 Å². The number of hydrogen-bond donors (Lipinski definition) is 2. The summed E-state index contributed by atoms with van der Waals surface area (Å²) in [5.74, 6) is 0.271. The van der Waals surface area contributed by atoms with Crippen molar-refractivity contribution in [1.29, 1.82) is 0 Å². The Labute approximate surface area is 183 Å². The van der Waals surface area contributed by atoms with Crippen LogP contribution in [0.4, 0.5) is 5.69 Å². The summed E-state index contributed by atoms with van der Waals surface area (Å²) in [5, 5.41) is 7.67. The summed E-state index contributed by atoms with van der Waals surface area (Å²) in [6, 6.07) is 22.4. The van der Waals surface area contributed by atoms with Crippen LogP contribution < -0.4 is 15.6 Å². The zero-order valence-electron chi connectivity index (χ0n) is 17.3. The van der Waals surface area contributed by atoms with Gasteiger partial charge in [0.2, 0.25) is 0 Å². The van der Waals surface area contributed by atoms with Gasteiger partial charge in [0, 0.05) is 11.8 Å². The Balaban J connectivity index is 1.38. The van der Waals surface area contributed by atoms with Crippen LogP contribution in [0.3, 0.4) is 0 Å². The molecule has 1 amide bonds. The van der Waals surface area contributed by atoms with Crippen molar-refractivity contribution in [3.63, 3.8) is 0 Å². The molecule has 0 unspecified atom stereocenters. The molecule has 0 saturated carbocycles. The highest BCUT2D eigenvalue weighted by atomic mass is 16.5. The zero-order valence-corrected chi connectivity index (χ0v) is 17.3. The molecule has 0 radical (unpaired) electrons. The quantitative estimate of drug-likeness (QED) is 0.440. The third-order valence-electron chi connectivity index (χ3n) is 5.37. The third kappa shape index (κ3) is 3.60. The standard InChI is InChI=1S/C25H20N4O3/c1-16-7-2-3-8-17(16)15-32-19-10-6-9-18(13-19)27-25(31)21-14-26-29-22-12-5-4-11-20(22)24(30)28-23(21)29/h2-14H,15H2,1H3,(H,27,31)(H,28,30). The fourth-order valence-electron chi connectivity index (χ4n) is 3.64. The smallest absolute Gasteiger partial charge is 0.261 e. The van der Waals surface area contributed by atoms with Gasteiger partial charge < -0.3 is 15.0 Å². The predicted molar refractivity (Wildman–Crippen MR) is 123 cm³/mol. The number of nitrogens with zero attached hydrogens (tertiary/aromatic N) is 2.